The Kier molecular flexibility index (Phi) is 3.08. The average molecular weight is 211 g/mol. The normalized spacial score (nSPS) is 27.6. The topological polar surface area (TPSA) is 4.44 Å². The predicted octanol–water partition coefficient (Wildman–Crippen LogP) is 1.29. The largest absolute Gasteiger partial charge is 0.460 e. The standard InChI is InChI=1S/C11H14FNS/c1-13-6-7-14-8-11(13)9-2-4-10(12)5-3-9/h2-5,11,13H,1,6-8H2. The predicted molar refractivity (Wildman–Crippen MR) is 57.7 cm³/mol. The van der Waals surface area contributed by atoms with Gasteiger partial charge < -0.3 is 4.90 Å². The number of nitrogens with one attached hydrogen (secondary N) is 1. The van der Waals surface area contributed by atoms with Crippen molar-refractivity contribution < 1.29 is 9.29 Å². The first-order valence-corrected chi connectivity index (χ1v) is 5.94. The summed E-state index contributed by atoms with van der Waals surface area (Å²) in [6, 6.07) is 7.23. The van der Waals surface area contributed by atoms with E-state index in [1.165, 1.54) is 28.3 Å². The van der Waals surface area contributed by atoms with E-state index in [2.05, 4.69) is 7.05 Å². The summed E-state index contributed by atoms with van der Waals surface area (Å²) in [4.78, 5) is 1.29. The van der Waals surface area contributed by atoms with Crippen LogP contribution in [0.15, 0.2) is 24.3 Å². The van der Waals surface area contributed by atoms with Gasteiger partial charge in [-0.2, -0.15) is 7.05 Å². The van der Waals surface area contributed by atoms with E-state index in [0.29, 0.717) is 6.04 Å². The third-order valence-corrected chi connectivity index (χ3v) is 3.68. The summed E-state index contributed by atoms with van der Waals surface area (Å²) in [6.07, 6.45) is 0. The summed E-state index contributed by atoms with van der Waals surface area (Å²) in [7, 11) is 4.09. The van der Waals surface area contributed by atoms with Gasteiger partial charge in [0.15, 0.2) is 0 Å². The van der Waals surface area contributed by atoms with Crippen LogP contribution in [0.5, 0.6) is 0 Å². The molecule has 1 saturated heterocycles. The molecule has 2 unspecified atom stereocenters. The minimum atomic E-state index is -0.164. The van der Waals surface area contributed by atoms with Crippen molar-refractivity contribution in [2.45, 2.75) is 6.04 Å². The molecule has 76 valence electrons. The molecule has 1 N–H and O–H groups in total. The van der Waals surface area contributed by atoms with E-state index in [-0.39, 0.29) is 5.82 Å². The van der Waals surface area contributed by atoms with Crippen molar-refractivity contribution in [2.24, 2.45) is 0 Å². The van der Waals surface area contributed by atoms with Crippen LogP contribution < -0.4 is 4.90 Å². The van der Waals surface area contributed by atoms with Gasteiger partial charge in [0, 0.05) is 17.1 Å². The van der Waals surface area contributed by atoms with Gasteiger partial charge >= 0.3 is 0 Å². The lowest BCUT2D eigenvalue weighted by Crippen LogP contribution is -3.09. The van der Waals surface area contributed by atoms with E-state index in [0.717, 1.165) is 12.3 Å². The second kappa shape index (κ2) is 4.32. The van der Waals surface area contributed by atoms with Gasteiger partial charge in [0.2, 0.25) is 0 Å². The molecule has 2 atom stereocenters. The maximum atomic E-state index is 12.7. The number of benzene rings is 1. The molecule has 0 spiro atoms. The van der Waals surface area contributed by atoms with Gasteiger partial charge in [0.25, 0.3) is 0 Å². The minimum Gasteiger partial charge on any atom is -0.460 e. The zero-order chi connectivity index (χ0) is 9.97. The first kappa shape index (κ1) is 9.99. The average Bonchev–Trinajstić information content (AvgIpc) is 2.20. The lowest BCUT2D eigenvalue weighted by molar-refractivity contribution is -0.883. The number of quaternary nitrogens is 1. The number of hydrogen-bond acceptors (Lipinski definition) is 1. The molecule has 3 heteroatoms. The third-order valence-electron chi connectivity index (χ3n) is 2.62. The highest BCUT2D eigenvalue weighted by atomic mass is 32.2. The highest BCUT2D eigenvalue weighted by Crippen LogP contribution is 2.18. The van der Waals surface area contributed by atoms with Crippen LogP contribution >= 0.6 is 11.8 Å². The van der Waals surface area contributed by atoms with Crippen LogP contribution in [0.3, 0.4) is 0 Å². The van der Waals surface area contributed by atoms with E-state index in [1.807, 2.05) is 23.9 Å². The Morgan fingerprint density at radius 1 is 1.36 bits per heavy atom. The van der Waals surface area contributed by atoms with Crippen LogP contribution in [-0.2, 0) is 0 Å². The van der Waals surface area contributed by atoms with Gasteiger partial charge in [-0.05, 0) is 12.1 Å². The third kappa shape index (κ3) is 2.10. The molecule has 1 fully saturated rings. The Hall–Kier alpha value is -0.540. The van der Waals surface area contributed by atoms with Crippen LogP contribution in [0.4, 0.5) is 4.39 Å². The van der Waals surface area contributed by atoms with Crippen LogP contribution in [0.25, 0.3) is 0 Å². The van der Waals surface area contributed by atoms with Crippen LogP contribution in [0, 0.1) is 12.9 Å². The molecule has 1 aliphatic heterocycles. The lowest BCUT2D eigenvalue weighted by Gasteiger charge is -2.34. The second-order valence-electron chi connectivity index (χ2n) is 3.59. The van der Waals surface area contributed by atoms with Crippen LogP contribution in [0.1, 0.15) is 11.6 Å². The van der Waals surface area contributed by atoms with Crippen molar-refractivity contribution in [3.8, 4) is 0 Å². The summed E-state index contributed by atoms with van der Waals surface area (Å²) in [5.74, 6) is 2.10. The lowest BCUT2D eigenvalue weighted by atomic mass is 10.1. The Balaban J connectivity index is 2.16. The fraction of sp³-hybridized carbons (Fsp3) is 0.364. The first-order valence-electron chi connectivity index (χ1n) is 4.78. The van der Waals surface area contributed by atoms with Gasteiger partial charge in [-0.1, -0.05) is 12.1 Å². The van der Waals surface area contributed by atoms with E-state index < -0.39 is 0 Å². The maximum absolute atomic E-state index is 12.7. The summed E-state index contributed by atoms with van der Waals surface area (Å²) in [5, 5.41) is 0. The molecule has 0 aromatic heterocycles. The molecule has 1 aromatic carbocycles. The second-order valence-corrected chi connectivity index (χ2v) is 4.74. The molecule has 1 aliphatic rings. The van der Waals surface area contributed by atoms with Gasteiger partial charge in [0.1, 0.15) is 5.82 Å². The Morgan fingerprint density at radius 2 is 2.07 bits per heavy atom. The Bertz CT molecular complexity index is 299. The molecule has 1 nitrogen and oxygen atoms in total. The molecule has 0 saturated carbocycles. The molecule has 2 rings (SSSR count). The van der Waals surface area contributed by atoms with E-state index in [9.17, 15) is 4.39 Å². The highest BCUT2D eigenvalue weighted by molar-refractivity contribution is 7.99. The van der Waals surface area contributed by atoms with Crippen LogP contribution in [-0.4, -0.2) is 18.1 Å². The molecule has 0 aliphatic carbocycles. The highest BCUT2D eigenvalue weighted by Gasteiger charge is 2.20. The minimum absolute atomic E-state index is 0.164. The fourth-order valence-corrected chi connectivity index (χ4v) is 2.96. The zero-order valence-corrected chi connectivity index (χ0v) is 8.82. The van der Waals surface area contributed by atoms with Gasteiger partial charge in [-0.3, -0.25) is 0 Å². The maximum Gasteiger partial charge on any atom is 0.123 e. The van der Waals surface area contributed by atoms with Crippen molar-refractivity contribution in [1.82, 2.24) is 0 Å². The van der Waals surface area contributed by atoms with Gasteiger partial charge in [-0.25, -0.2) is 4.39 Å². The molecule has 1 heterocycles. The molecule has 0 bridgehead atoms. The van der Waals surface area contributed by atoms with Crippen molar-refractivity contribution in [3.63, 3.8) is 0 Å². The molecular formula is C11H14FNS. The fourth-order valence-electron chi connectivity index (χ4n) is 1.72. The van der Waals surface area contributed by atoms with E-state index in [1.54, 1.807) is 0 Å². The van der Waals surface area contributed by atoms with Crippen molar-refractivity contribution in [2.75, 3.05) is 18.1 Å². The number of halogens is 1. The van der Waals surface area contributed by atoms with Crippen molar-refractivity contribution in [3.05, 3.63) is 42.7 Å². The summed E-state index contributed by atoms with van der Waals surface area (Å²) in [6.45, 7) is 1.09. The molecule has 0 amide bonds. The van der Waals surface area contributed by atoms with Gasteiger partial charge in [0.05, 0.1) is 12.6 Å². The quantitative estimate of drug-likeness (QED) is 0.686. The number of thioether (sulfide) groups is 1. The number of rotatable bonds is 1. The van der Waals surface area contributed by atoms with Crippen molar-refractivity contribution >= 4 is 11.8 Å². The van der Waals surface area contributed by atoms with Gasteiger partial charge in [-0.15, -0.1) is 11.8 Å². The van der Waals surface area contributed by atoms with E-state index in [4.69, 9.17) is 0 Å². The summed E-state index contributed by atoms with van der Waals surface area (Å²) < 4.78 is 12.7. The zero-order valence-electron chi connectivity index (χ0n) is 8.00. The van der Waals surface area contributed by atoms with Crippen molar-refractivity contribution in [1.29, 1.82) is 0 Å². The Morgan fingerprint density at radius 3 is 2.71 bits per heavy atom. The molecule has 0 radical (unpaired) electrons. The molecular weight excluding hydrogens is 197 g/mol. The summed E-state index contributed by atoms with van der Waals surface area (Å²) in [5.41, 5.74) is 1.20. The first-order chi connectivity index (χ1) is 6.77. The SMILES string of the molecule is [CH2-][NH+]1CCSCC1c1ccc(F)cc1. The molecule has 14 heavy (non-hydrogen) atoms. The monoisotopic (exact) mass is 211 g/mol. The van der Waals surface area contributed by atoms with E-state index >= 15 is 0 Å². The summed E-state index contributed by atoms with van der Waals surface area (Å²) >= 11 is 1.95. The molecule has 1 aromatic rings. The number of hydrogen-bond donors (Lipinski definition) is 1. The smallest absolute Gasteiger partial charge is 0.123 e. The van der Waals surface area contributed by atoms with Crippen LogP contribution in [0.2, 0.25) is 0 Å². The Labute approximate surface area is 88.3 Å².